The standard InChI is InChI=1S/C91H127Cl5N10O21S3/c1-62-45-73-76(55-104(2)58-79(73)82(94)46-62)63-15-9-22-70(47-63)128(116,117)100-30-36-125-41-39-122-33-12-20-68(108)18-5-7-25-91(103-90(115)99-54-85(110)87(112)88(113)86(111)61-107,26-8-6-19-69(109)21-13-34-123-40-42-126-37-31-101-129(118,119)71-23-10-16-64(48-71)77-56-105(3)59-80-74(77)50-66(92)52-83(80)95)27-14-28-97-89(114)98-29-35-124-43-44-127-38-32-102-130(120,121)72-24-11-17-65(49-72)78-57-106(4)60-81-75(78)51-67(93)53-84(81)96/h9-11,15-17,22-24,45-53,76-78,85-88,100-102,107,110-113H,5-8,12-14,18-21,25-44,54-61H2,1-4H3,(H2,97,98,114)(H2,99,103,115)/t76-,77-,78-,85-,86+,87+,88+,91?/m0/s1. The average Bonchev–Trinajstić information content (AvgIpc) is 0.779. The molecular formula is C91H127Cl5N10O21S3. The van der Waals surface area contributed by atoms with Crippen molar-refractivity contribution in [3.05, 3.63) is 190 Å². The summed E-state index contributed by atoms with van der Waals surface area (Å²) in [6.07, 6.45) is -2.83. The number of hydrogen-bond donors (Lipinski definition) is 12. The maximum absolute atomic E-state index is 14.0. The molecule has 4 amide bonds. The fourth-order valence-corrected chi connectivity index (χ4v) is 21.1. The predicted octanol–water partition coefficient (Wildman–Crippen LogP) is 9.70. The Kier molecular flexibility index (Phi) is 44.6. The zero-order chi connectivity index (χ0) is 94.0. The Morgan fingerprint density at radius 2 is 0.769 bits per heavy atom. The quantitative estimate of drug-likeness (QED) is 0.0158. The van der Waals surface area contributed by atoms with Crippen molar-refractivity contribution < 1.29 is 98.4 Å². The molecule has 12 N–H and O–H groups in total. The summed E-state index contributed by atoms with van der Waals surface area (Å²) in [6, 6.07) is 30.5. The Hall–Kier alpha value is -6.18. The number of amides is 4. The molecule has 6 aromatic rings. The van der Waals surface area contributed by atoms with Crippen LogP contribution < -0.4 is 35.4 Å². The van der Waals surface area contributed by atoms with E-state index in [0.29, 0.717) is 122 Å². The highest BCUT2D eigenvalue weighted by Gasteiger charge is 2.36. The minimum atomic E-state index is -3.91. The van der Waals surface area contributed by atoms with Crippen molar-refractivity contribution in [3.63, 3.8) is 0 Å². The lowest BCUT2D eigenvalue weighted by atomic mass is 9.82. The molecule has 31 nitrogen and oxygen atoms in total. The van der Waals surface area contributed by atoms with E-state index in [2.05, 4.69) is 56.2 Å². The molecule has 9 rings (SSSR count). The van der Waals surface area contributed by atoms with Crippen LogP contribution in [-0.2, 0) is 87.7 Å². The van der Waals surface area contributed by atoms with Gasteiger partial charge in [-0.1, -0.05) is 113 Å². The van der Waals surface area contributed by atoms with Gasteiger partial charge in [0.15, 0.2) is 0 Å². The van der Waals surface area contributed by atoms with E-state index in [9.17, 15) is 70.0 Å². The first-order valence-corrected chi connectivity index (χ1v) is 50.5. The third kappa shape index (κ3) is 34.3. The Morgan fingerprint density at radius 1 is 0.415 bits per heavy atom. The van der Waals surface area contributed by atoms with Gasteiger partial charge in [0, 0.05) is 166 Å². The summed E-state index contributed by atoms with van der Waals surface area (Å²) in [5.41, 5.74) is 8.40. The van der Waals surface area contributed by atoms with Crippen molar-refractivity contribution in [1.82, 2.24) is 50.1 Å². The molecule has 0 bridgehead atoms. The Bertz CT molecular complexity index is 4570. The number of ether oxygens (including phenoxy) is 6. The van der Waals surface area contributed by atoms with E-state index < -0.39 is 85.2 Å². The first-order valence-electron chi connectivity index (χ1n) is 44.1. The van der Waals surface area contributed by atoms with Crippen LogP contribution in [0.25, 0.3) is 0 Å². The highest BCUT2D eigenvalue weighted by Crippen LogP contribution is 2.43. The molecule has 39 heteroatoms. The van der Waals surface area contributed by atoms with Crippen molar-refractivity contribution in [3.8, 4) is 0 Å². The third-order valence-electron chi connectivity index (χ3n) is 23.1. The zero-order valence-corrected chi connectivity index (χ0v) is 80.5. The minimum absolute atomic E-state index is 0.00538. The summed E-state index contributed by atoms with van der Waals surface area (Å²) in [4.78, 5) is 60.6. The molecule has 0 aliphatic carbocycles. The number of aryl methyl sites for hydroxylation is 1. The summed E-state index contributed by atoms with van der Waals surface area (Å²) < 4.78 is 123. The number of hydrogen-bond acceptors (Lipinski definition) is 24. The van der Waals surface area contributed by atoms with Crippen molar-refractivity contribution in [2.45, 2.75) is 179 Å². The van der Waals surface area contributed by atoms with Gasteiger partial charge in [-0.05, 0) is 202 Å². The maximum atomic E-state index is 14.0. The lowest BCUT2D eigenvalue weighted by Crippen LogP contribution is -2.55. The molecule has 3 aliphatic rings. The van der Waals surface area contributed by atoms with Gasteiger partial charge in [0.05, 0.1) is 93.5 Å². The molecule has 6 aromatic carbocycles. The molecular weight excluding hydrogens is 1840 g/mol. The highest BCUT2D eigenvalue weighted by atomic mass is 35.5. The van der Waals surface area contributed by atoms with Crippen molar-refractivity contribution in [2.75, 3.05) is 166 Å². The average molecular weight is 1970 g/mol. The van der Waals surface area contributed by atoms with Crippen LogP contribution in [0.4, 0.5) is 9.59 Å². The van der Waals surface area contributed by atoms with Crippen molar-refractivity contribution in [2.24, 2.45) is 0 Å². The Balaban J connectivity index is 0.709. The normalized spacial score (nSPS) is 17.1. The largest absolute Gasteiger partial charge is 0.394 e. The molecule has 0 fully saturated rings. The van der Waals surface area contributed by atoms with Gasteiger partial charge in [0.25, 0.3) is 0 Å². The van der Waals surface area contributed by atoms with Gasteiger partial charge in [0.2, 0.25) is 30.1 Å². The molecule has 130 heavy (non-hydrogen) atoms. The number of aliphatic hydroxyl groups is 5. The summed E-state index contributed by atoms with van der Waals surface area (Å²) in [6.45, 7) is 6.66. The van der Waals surface area contributed by atoms with Gasteiger partial charge in [-0.3, -0.25) is 9.59 Å². The molecule has 3 heterocycles. The van der Waals surface area contributed by atoms with Gasteiger partial charge in [-0.25, -0.2) is 49.0 Å². The monoisotopic (exact) mass is 1970 g/mol. The number of urea groups is 2. The second-order valence-corrected chi connectivity index (χ2v) is 40.9. The van der Waals surface area contributed by atoms with Crippen LogP contribution in [0.15, 0.2) is 124 Å². The van der Waals surface area contributed by atoms with Crippen LogP contribution in [0.3, 0.4) is 0 Å². The highest BCUT2D eigenvalue weighted by molar-refractivity contribution is 7.90. The third-order valence-corrected chi connectivity index (χ3v) is 29.0. The minimum Gasteiger partial charge on any atom is -0.394 e. The zero-order valence-electron chi connectivity index (χ0n) is 74.2. The van der Waals surface area contributed by atoms with E-state index in [0.717, 1.165) is 55.6 Å². The number of sulfonamides is 3. The molecule has 0 aromatic heterocycles. The Morgan fingerprint density at radius 3 is 1.18 bits per heavy atom. The number of rotatable bonds is 59. The number of nitrogens with zero attached hydrogens (tertiary/aromatic N) is 3. The van der Waals surface area contributed by atoms with E-state index in [1.807, 2.05) is 64.5 Å². The number of ketones is 2. The molecule has 720 valence electrons. The number of Topliss-reactive ketones (excluding diaryl/α,β-unsaturated/α-hetero) is 2. The molecule has 3 aliphatic heterocycles. The lowest BCUT2D eigenvalue weighted by Gasteiger charge is -2.36. The van der Waals surface area contributed by atoms with Gasteiger partial charge in [0.1, 0.15) is 29.9 Å². The topological polar surface area (TPSA) is 421 Å². The molecule has 0 saturated heterocycles. The van der Waals surface area contributed by atoms with Crippen molar-refractivity contribution >= 4 is 112 Å². The molecule has 0 radical (unpaired) electrons. The van der Waals surface area contributed by atoms with E-state index in [1.54, 1.807) is 54.6 Å². The molecule has 0 saturated carbocycles. The van der Waals surface area contributed by atoms with E-state index in [-0.39, 0.29) is 188 Å². The van der Waals surface area contributed by atoms with Crippen LogP contribution in [0.2, 0.25) is 25.1 Å². The Labute approximate surface area is 789 Å². The fraction of sp³-hybridized carbons (Fsp3) is 0.560. The second kappa shape index (κ2) is 53.9. The number of fused-ring (bicyclic) bond motifs is 3. The van der Waals surface area contributed by atoms with Gasteiger partial charge in [-0.2, -0.15) is 0 Å². The summed E-state index contributed by atoms with van der Waals surface area (Å²) >= 11 is 32.6. The number of nitrogens with one attached hydrogen (secondary N) is 7. The first kappa shape index (κ1) is 107. The first-order chi connectivity index (χ1) is 62.1. The fourth-order valence-electron chi connectivity index (χ4n) is 16.4. The van der Waals surface area contributed by atoms with Crippen molar-refractivity contribution in [1.29, 1.82) is 0 Å². The van der Waals surface area contributed by atoms with Gasteiger partial charge >= 0.3 is 12.1 Å². The van der Waals surface area contributed by atoms with Crippen LogP contribution >= 0.6 is 58.0 Å². The van der Waals surface area contributed by atoms with Crippen LogP contribution in [0.5, 0.6) is 0 Å². The number of carbonyl (C=O) groups is 4. The van der Waals surface area contributed by atoms with Crippen LogP contribution in [0.1, 0.15) is 163 Å². The van der Waals surface area contributed by atoms with E-state index in [1.165, 1.54) is 12.1 Å². The van der Waals surface area contributed by atoms with Gasteiger partial charge in [-0.15, -0.1) is 0 Å². The van der Waals surface area contributed by atoms with Crippen LogP contribution in [-0.4, -0.2) is 285 Å². The smallest absolute Gasteiger partial charge is 0.315 e. The number of benzene rings is 6. The summed E-state index contributed by atoms with van der Waals surface area (Å²) in [5.74, 6) is -0.424. The second-order valence-electron chi connectivity index (χ2n) is 33.5. The van der Waals surface area contributed by atoms with Gasteiger partial charge < -0.3 is 89.9 Å². The van der Waals surface area contributed by atoms with E-state index >= 15 is 0 Å². The predicted molar refractivity (Wildman–Crippen MR) is 500 cm³/mol. The number of unbranched alkanes of at least 4 members (excludes halogenated alkanes) is 2. The number of aliphatic hydroxyl groups excluding tert-OH is 5. The summed E-state index contributed by atoms with van der Waals surface area (Å²) in [7, 11) is -5.71. The maximum Gasteiger partial charge on any atom is 0.315 e. The molecule has 8 atom stereocenters. The number of halogens is 5. The summed E-state index contributed by atoms with van der Waals surface area (Å²) in [5, 5.41) is 65.0. The molecule has 0 spiro atoms. The number of carbonyl (C=O) groups excluding carboxylic acids is 4. The van der Waals surface area contributed by atoms with Crippen LogP contribution in [0, 0.1) is 6.92 Å². The lowest BCUT2D eigenvalue weighted by molar-refractivity contribution is -0.120. The SMILES string of the molecule is Cc1cc(Cl)c2c(c1)[C@H](c1cccc(S(=O)(=O)NCCOCCOCCCC(=O)CCCCC(CCCCC(=O)CCCOCCOCCNS(=O)(=O)c3cccc([C@@H]4CN(C)Cc5c(Cl)cc(Cl)cc54)c3)(CCCNC(=O)NCCOCCOCCNS(=O)(=O)c3cccc([C@@H]4CN(C)Cc5c(Cl)cc(Cl)cc54)c3)NC(=O)NC[C@H](O)[C@@H](O)[C@H](O)[C@H](O)CO)c1)CN(C)C2. The number of likely N-dealkylation sites (N-methyl/N-ethyl adjacent to an activating group) is 3. The molecule has 1 unspecified atom stereocenters. The van der Waals surface area contributed by atoms with E-state index in [4.69, 9.17) is 86.4 Å².